The van der Waals surface area contributed by atoms with E-state index in [2.05, 4.69) is 20.5 Å². The number of carbonyl (C=O) groups excluding carboxylic acids is 3. The molecule has 0 atom stereocenters. The summed E-state index contributed by atoms with van der Waals surface area (Å²) in [6.45, 7) is -0.457. The van der Waals surface area contributed by atoms with E-state index in [0.29, 0.717) is 5.69 Å². The molecular weight excluding hydrogens is 417 g/mol. The first-order valence-electron chi connectivity index (χ1n) is 9.09. The Bertz CT molecular complexity index is 992. The van der Waals surface area contributed by atoms with E-state index in [9.17, 15) is 27.6 Å². The maximum absolute atomic E-state index is 12.4. The van der Waals surface area contributed by atoms with Crippen molar-refractivity contribution in [1.29, 1.82) is 0 Å². The van der Waals surface area contributed by atoms with E-state index in [1.807, 2.05) is 0 Å². The zero-order valence-corrected chi connectivity index (χ0v) is 16.0. The number of carbonyl (C=O) groups is 3. The lowest BCUT2D eigenvalue weighted by atomic mass is 10.1. The van der Waals surface area contributed by atoms with Crippen molar-refractivity contribution in [2.75, 3.05) is 17.2 Å². The maximum Gasteiger partial charge on any atom is 0.573 e. The second-order valence-corrected chi connectivity index (χ2v) is 6.44. The Morgan fingerprint density at radius 3 is 2.26 bits per heavy atom. The molecule has 3 rings (SSSR count). The summed E-state index contributed by atoms with van der Waals surface area (Å²) in [6.07, 6.45) is -4.67. The fraction of sp³-hybridized carbons (Fsp3) is 0.200. The van der Waals surface area contributed by atoms with Crippen LogP contribution in [-0.2, 0) is 14.4 Å². The van der Waals surface area contributed by atoms with Crippen molar-refractivity contribution in [3.8, 4) is 5.75 Å². The summed E-state index contributed by atoms with van der Waals surface area (Å²) in [4.78, 5) is 36.6. The molecule has 1 heterocycles. The molecule has 1 aliphatic rings. The molecule has 2 aromatic rings. The largest absolute Gasteiger partial charge is 0.573 e. The summed E-state index contributed by atoms with van der Waals surface area (Å²) in [6, 6.07) is 13.2. The van der Waals surface area contributed by atoms with Gasteiger partial charge in [-0.15, -0.1) is 13.2 Å². The molecule has 0 aromatic heterocycles. The average molecular weight is 434 g/mol. The summed E-state index contributed by atoms with van der Waals surface area (Å²) in [7, 11) is 0. The topological polar surface area (TPSA) is 100 Å². The third-order valence-electron chi connectivity index (χ3n) is 4.06. The van der Waals surface area contributed by atoms with Gasteiger partial charge in [-0.3, -0.25) is 14.4 Å². The molecule has 2 aromatic carbocycles. The van der Waals surface area contributed by atoms with Crippen LogP contribution in [0.4, 0.5) is 24.5 Å². The minimum atomic E-state index is -4.82. The van der Waals surface area contributed by atoms with E-state index in [0.717, 1.165) is 17.1 Å². The number of hydrazone groups is 1. The zero-order valence-electron chi connectivity index (χ0n) is 16.0. The molecule has 3 amide bonds. The zero-order chi connectivity index (χ0) is 22.4. The van der Waals surface area contributed by atoms with Crippen LogP contribution in [0.3, 0.4) is 0 Å². The highest BCUT2D eigenvalue weighted by molar-refractivity contribution is 6.43. The first-order chi connectivity index (χ1) is 14.7. The SMILES string of the molecule is O=C(CN1N=C(C(=O)Nc2ccccc2)CCC1=O)Nc1ccc(OC(F)(F)F)cc1. The van der Waals surface area contributed by atoms with Gasteiger partial charge in [-0.1, -0.05) is 18.2 Å². The third-order valence-corrected chi connectivity index (χ3v) is 4.06. The number of nitrogens with one attached hydrogen (secondary N) is 2. The number of anilines is 2. The van der Waals surface area contributed by atoms with E-state index >= 15 is 0 Å². The van der Waals surface area contributed by atoms with Gasteiger partial charge in [0.1, 0.15) is 18.0 Å². The number of hydrogen-bond acceptors (Lipinski definition) is 5. The summed E-state index contributed by atoms with van der Waals surface area (Å²) in [5.74, 6) is -1.98. The molecular formula is C20H17F3N4O4. The van der Waals surface area contributed by atoms with Crippen molar-refractivity contribution in [3.63, 3.8) is 0 Å². The first kappa shape index (κ1) is 21.8. The minimum Gasteiger partial charge on any atom is -0.406 e. The van der Waals surface area contributed by atoms with E-state index < -0.39 is 36.4 Å². The van der Waals surface area contributed by atoms with Crippen LogP contribution >= 0.6 is 0 Å². The Morgan fingerprint density at radius 1 is 0.968 bits per heavy atom. The Kier molecular flexibility index (Phi) is 6.53. The molecule has 0 saturated carbocycles. The number of halogens is 3. The van der Waals surface area contributed by atoms with Crippen LogP contribution in [0.25, 0.3) is 0 Å². The van der Waals surface area contributed by atoms with Crippen molar-refractivity contribution >= 4 is 34.8 Å². The Balaban J connectivity index is 1.59. The van der Waals surface area contributed by atoms with E-state index in [1.165, 1.54) is 12.1 Å². The predicted octanol–water partition coefficient (Wildman–Crippen LogP) is 3.14. The number of benzene rings is 2. The first-order valence-corrected chi connectivity index (χ1v) is 9.09. The number of amides is 3. The predicted molar refractivity (Wildman–Crippen MR) is 105 cm³/mol. The summed E-state index contributed by atoms with van der Waals surface area (Å²) >= 11 is 0. The molecule has 2 N–H and O–H groups in total. The summed E-state index contributed by atoms with van der Waals surface area (Å²) < 4.78 is 40.3. The summed E-state index contributed by atoms with van der Waals surface area (Å²) in [5, 5.41) is 9.97. The van der Waals surface area contributed by atoms with Gasteiger partial charge in [0.2, 0.25) is 11.8 Å². The van der Waals surface area contributed by atoms with Gasteiger partial charge in [-0.25, -0.2) is 5.01 Å². The van der Waals surface area contributed by atoms with Crippen molar-refractivity contribution in [2.45, 2.75) is 19.2 Å². The van der Waals surface area contributed by atoms with Crippen LogP contribution in [0.15, 0.2) is 59.7 Å². The van der Waals surface area contributed by atoms with Gasteiger partial charge >= 0.3 is 6.36 Å². The Labute approximate surface area is 174 Å². The van der Waals surface area contributed by atoms with Gasteiger partial charge in [0, 0.05) is 24.2 Å². The Hall–Kier alpha value is -3.89. The van der Waals surface area contributed by atoms with Gasteiger partial charge in [0.05, 0.1) is 0 Å². The lowest BCUT2D eigenvalue weighted by Gasteiger charge is -2.22. The highest BCUT2D eigenvalue weighted by Crippen LogP contribution is 2.24. The molecule has 0 radical (unpaired) electrons. The van der Waals surface area contributed by atoms with Crippen molar-refractivity contribution in [1.82, 2.24) is 5.01 Å². The number of hydrogen-bond donors (Lipinski definition) is 2. The lowest BCUT2D eigenvalue weighted by molar-refractivity contribution is -0.274. The van der Waals surface area contributed by atoms with Crippen LogP contribution in [0.2, 0.25) is 0 Å². The molecule has 0 bridgehead atoms. The Morgan fingerprint density at radius 2 is 1.61 bits per heavy atom. The lowest BCUT2D eigenvalue weighted by Crippen LogP contribution is -2.40. The van der Waals surface area contributed by atoms with Gasteiger partial charge in [-0.05, 0) is 36.4 Å². The quantitative estimate of drug-likeness (QED) is 0.730. The minimum absolute atomic E-state index is 0.0117. The average Bonchev–Trinajstić information content (AvgIpc) is 2.71. The number of alkyl halides is 3. The fourth-order valence-corrected chi connectivity index (χ4v) is 2.69. The standard InChI is InChI=1S/C20H17F3N4O4/c21-20(22,23)31-15-8-6-14(7-9-15)24-17(28)12-27-18(29)11-10-16(26-27)19(30)25-13-4-2-1-3-5-13/h1-9H,10-12H2,(H,24,28)(H,25,30). The molecule has 8 nitrogen and oxygen atoms in total. The maximum atomic E-state index is 12.4. The number of ether oxygens (including phenoxy) is 1. The monoisotopic (exact) mass is 434 g/mol. The smallest absolute Gasteiger partial charge is 0.406 e. The fourth-order valence-electron chi connectivity index (χ4n) is 2.69. The third kappa shape index (κ3) is 6.56. The van der Waals surface area contributed by atoms with E-state index in [4.69, 9.17) is 0 Å². The summed E-state index contributed by atoms with van der Waals surface area (Å²) in [5.41, 5.74) is 0.870. The highest BCUT2D eigenvalue weighted by atomic mass is 19.4. The number of rotatable bonds is 6. The van der Waals surface area contributed by atoms with E-state index in [-0.39, 0.29) is 24.2 Å². The van der Waals surface area contributed by atoms with Crippen molar-refractivity contribution < 1.29 is 32.3 Å². The van der Waals surface area contributed by atoms with Crippen molar-refractivity contribution in [3.05, 3.63) is 54.6 Å². The second-order valence-electron chi connectivity index (χ2n) is 6.44. The van der Waals surface area contributed by atoms with Crippen LogP contribution in [0.1, 0.15) is 12.8 Å². The van der Waals surface area contributed by atoms with Crippen LogP contribution in [-0.4, -0.2) is 41.3 Å². The molecule has 162 valence electrons. The molecule has 0 spiro atoms. The molecule has 0 unspecified atom stereocenters. The van der Waals surface area contributed by atoms with Crippen LogP contribution < -0.4 is 15.4 Å². The molecule has 0 fully saturated rings. The number of para-hydroxylation sites is 1. The number of nitrogens with zero attached hydrogens (tertiary/aromatic N) is 2. The van der Waals surface area contributed by atoms with E-state index in [1.54, 1.807) is 30.3 Å². The van der Waals surface area contributed by atoms with Crippen LogP contribution in [0.5, 0.6) is 5.75 Å². The molecule has 0 saturated heterocycles. The van der Waals surface area contributed by atoms with Gasteiger partial charge in [-0.2, -0.15) is 5.10 Å². The normalized spacial score (nSPS) is 14.0. The molecule has 1 aliphatic heterocycles. The molecule has 11 heteroatoms. The van der Waals surface area contributed by atoms with Crippen molar-refractivity contribution in [2.24, 2.45) is 5.10 Å². The van der Waals surface area contributed by atoms with Gasteiger partial charge in [0.25, 0.3) is 5.91 Å². The molecule has 0 aliphatic carbocycles. The van der Waals surface area contributed by atoms with Gasteiger partial charge in [0.15, 0.2) is 0 Å². The second kappa shape index (κ2) is 9.28. The highest BCUT2D eigenvalue weighted by Gasteiger charge is 2.31. The van der Waals surface area contributed by atoms with Gasteiger partial charge < -0.3 is 15.4 Å². The van der Waals surface area contributed by atoms with Crippen LogP contribution in [0, 0.1) is 0 Å². The molecule has 31 heavy (non-hydrogen) atoms.